The Kier molecular flexibility index (Phi) is 4.02. The SMILES string of the molecule is CC(C)CC(=O)Nc1cncc(P)c1. The third kappa shape index (κ3) is 3.84. The van der Waals surface area contributed by atoms with E-state index in [0.29, 0.717) is 12.3 Å². The van der Waals surface area contributed by atoms with E-state index in [1.165, 1.54) is 0 Å². The van der Waals surface area contributed by atoms with Crippen LogP contribution in [0.5, 0.6) is 0 Å². The Hall–Kier alpha value is -0.950. The average Bonchev–Trinajstić information content (AvgIpc) is 2.01. The van der Waals surface area contributed by atoms with Gasteiger partial charge in [-0.3, -0.25) is 9.78 Å². The molecule has 1 amide bonds. The van der Waals surface area contributed by atoms with E-state index in [1.807, 2.05) is 19.9 Å². The number of nitrogens with one attached hydrogen (secondary N) is 1. The summed E-state index contributed by atoms with van der Waals surface area (Å²) in [5.41, 5.74) is 0.753. The van der Waals surface area contributed by atoms with Crippen LogP contribution in [0.1, 0.15) is 20.3 Å². The number of carbonyl (C=O) groups is 1. The van der Waals surface area contributed by atoms with Crippen LogP contribution in [-0.4, -0.2) is 10.9 Å². The van der Waals surface area contributed by atoms with Gasteiger partial charge in [-0.1, -0.05) is 13.8 Å². The molecule has 0 spiro atoms. The van der Waals surface area contributed by atoms with E-state index in [0.717, 1.165) is 11.0 Å². The van der Waals surface area contributed by atoms with Gasteiger partial charge in [0.2, 0.25) is 5.91 Å². The number of carbonyl (C=O) groups excluding carboxylic acids is 1. The zero-order chi connectivity index (χ0) is 10.6. The van der Waals surface area contributed by atoms with Crippen molar-refractivity contribution < 1.29 is 4.79 Å². The van der Waals surface area contributed by atoms with Crippen LogP contribution in [0.3, 0.4) is 0 Å². The molecule has 0 saturated carbocycles. The molecule has 0 bridgehead atoms. The van der Waals surface area contributed by atoms with Gasteiger partial charge in [0.25, 0.3) is 0 Å². The van der Waals surface area contributed by atoms with Crippen molar-refractivity contribution in [2.24, 2.45) is 5.92 Å². The molecular weight excluding hydrogens is 195 g/mol. The van der Waals surface area contributed by atoms with Crippen LogP contribution in [0.25, 0.3) is 0 Å². The van der Waals surface area contributed by atoms with Gasteiger partial charge in [-0.15, -0.1) is 9.24 Å². The fourth-order valence-electron chi connectivity index (χ4n) is 1.11. The lowest BCUT2D eigenvalue weighted by atomic mass is 10.1. The molecule has 0 aliphatic rings. The first kappa shape index (κ1) is 11.1. The summed E-state index contributed by atoms with van der Waals surface area (Å²) in [5.74, 6) is 0.416. The van der Waals surface area contributed by atoms with Gasteiger partial charge in [0.1, 0.15) is 0 Å². The number of hydrogen-bond donors (Lipinski definition) is 1. The molecule has 0 aliphatic heterocycles. The summed E-state index contributed by atoms with van der Waals surface area (Å²) in [5, 5.41) is 3.76. The molecule has 1 aromatic heterocycles. The predicted octanol–water partition coefficient (Wildman–Crippen LogP) is 1.57. The Morgan fingerprint density at radius 1 is 1.57 bits per heavy atom. The van der Waals surface area contributed by atoms with E-state index < -0.39 is 0 Å². The summed E-state index contributed by atoms with van der Waals surface area (Å²) in [6.07, 6.45) is 3.91. The fraction of sp³-hybridized carbons (Fsp3) is 0.400. The zero-order valence-corrected chi connectivity index (χ0v) is 9.60. The molecule has 76 valence electrons. The molecule has 1 heterocycles. The van der Waals surface area contributed by atoms with Crippen molar-refractivity contribution in [3.8, 4) is 0 Å². The molecule has 0 radical (unpaired) electrons. The standard InChI is InChI=1S/C10H15N2OP/c1-7(2)3-10(13)12-8-4-9(14)6-11-5-8/h4-7H,3,14H2,1-2H3,(H,12,13). The number of nitrogens with zero attached hydrogens (tertiary/aromatic N) is 1. The Morgan fingerprint density at radius 3 is 2.86 bits per heavy atom. The van der Waals surface area contributed by atoms with Crippen molar-refractivity contribution >= 4 is 26.1 Å². The second kappa shape index (κ2) is 5.06. The number of aromatic nitrogens is 1. The van der Waals surface area contributed by atoms with Crippen molar-refractivity contribution in [3.05, 3.63) is 18.5 Å². The summed E-state index contributed by atoms with van der Waals surface area (Å²) in [6, 6.07) is 1.87. The lowest BCUT2D eigenvalue weighted by Crippen LogP contribution is -2.14. The average molecular weight is 210 g/mol. The molecule has 0 aromatic carbocycles. The molecular formula is C10H15N2OP. The zero-order valence-electron chi connectivity index (χ0n) is 8.45. The Balaban J connectivity index is 2.56. The molecule has 3 nitrogen and oxygen atoms in total. The number of anilines is 1. The minimum Gasteiger partial charge on any atom is -0.325 e. The van der Waals surface area contributed by atoms with E-state index in [-0.39, 0.29) is 5.91 Å². The Morgan fingerprint density at radius 2 is 2.29 bits per heavy atom. The van der Waals surface area contributed by atoms with Crippen LogP contribution in [-0.2, 0) is 4.79 Å². The van der Waals surface area contributed by atoms with E-state index in [4.69, 9.17) is 0 Å². The van der Waals surface area contributed by atoms with Crippen LogP contribution in [0.2, 0.25) is 0 Å². The van der Waals surface area contributed by atoms with Crippen LogP contribution in [0.4, 0.5) is 5.69 Å². The highest BCUT2D eigenvalue weighted by Gasteiger charge is 2.04. The Labute approximate surface area is 86.5 Å². The quantitative estimate of drug-likeness (QED) is 0.769. The maximum absolute atomic E-state index is 11.4. The minimum atomic E-state index is 0.0393. The topological polar surface area (TPSA) is 42.0 Å². The number of pyridine rings is 1. The third-order valence-electron chi connectivity index (χ3n) is 1.64. The Bertz CT molecular complexity index is 326. The summed E-state index contributed by atoms with van der Waals surface area (Å²) in [6.45, 7) is 4.04. The summed E-state index contributed by atoms with van der Waals surface area (Å²) in [7, 11) is 2.54. The monoisotopic (exact) mass is 210 g/mol. The molecule has 1 atom stereocenters. The molecule has 0 aliphatic carbocycles. The molecule has 0 fully saturated rings. The van der Waals surface area contributed by atoms with Gasteiger partial charge in [-0.25, -0.2) is 0 Å². The largest absolute Gasteiger partial charge is 0.325 e. The molecule has 0 saturated heterocycles. The molecule has 1 unspecified atom stereocenters. The van der Waals surface area contributed by atoms with Gasteiger partial charge in [0.15, 0.2) is 0 Å². The van der Waals surface area contributed by atoms with Crippen LogP contribution in [0.15, 0.2) is 18.5 Å². The summed E-state index contributed by atoms with van der Waals surface area (Å²) in [4.78, 5) is 15.4. The molecule has 1 N–H and O–H groups in total. The fourth-order valence-corrected chi connectivity index (χ4v) is 1.37. The van der Waals surface area contributed by atoms with E-state index in [2.05, 4.69) is 19.5 Å². The van der Waals surface area contributed by atoms with Crippen molar-refractivity contribution in [1.82, 2.24) is 4.98 Å². The van der Waals surface area contributed by atoms with Crippen molar-refractivity contribution in [3.63, 3.8) is 0 Å². The highest BCUT2D eigenvalue weighted by molar-refractivity contribution is 7.27. The second-order valence-corrected chi connectivity index (χ2v) is 4.32. The predicted molar refractivity (Wildman–Crippen MR) is 61.7 cm³/mol. The lowest BCUT2D eigenvalue weighted by molar-refractivity contribution is -0.116. The minimum absolute atomic E-state index is 0.0393. The molecule has 14 heavy (non-hydrogen) atoms. The first-order valence-electron chi connectivity index (χ1n) is 4.58. The van der Waals surface area contributed by atoms with Gasteiger partial charge in [-0.2, -0.15) is 0 Å². The first-order valence-corrected chi connectivity index (χ1v) is 5.16. The van der Waals surface area contributed by atoms with Crippen molar-refractivity contribution in [1.29, 1.82) is 0 Å². The maximum atomic E-state index is 11.4. The first-order chi connectivity index (χ1) is 6.58. The highest BCUT2D eigenvalue weighted by atomic mass is 31.0. The molecule has 4 heteroatoms. The van der Waals surface area contributed by atoms with Crippen molar-refractivity contribution in [2.75, 3.05) is 5.32 Å². The van der Waals surface area contributed by atoms with E-state index in [1.54, 1.807) is 12.4 Å². The van der Waals surface area contributed by atoms with Crippen molar-refractivity contribution in [2.45, 2.75) is 20.3 Å². The maximum Gasteiger partial charge on any atom is 0.224 e. The lowest BCUT2D eigenvalue weighted by Gasteiger charge is -2.06. The van der Waals surface area contributed by atoms with Gasteiger partial charge in [0, 0.05) is 12.6 Å². The number of hydrogen-bond acceptors (Lipinski definition) is 2. The van der Waals surface area contributed by atoms with Gasteiger partial charge >= 0.3 is 0 Å². The smallest absolute Gasteiger partial charge is 0.224 e. The number of rotatable bonds is 3. The van der Waals surface area contributed by atoms with Gasteiger partial charge in [0.05, 0.1) is 11.9 Å². The van der Waals surface area contributed by atoms with Crippen LogP contribution in [0, 0.1) is 5.92 Å². The molecule has 1 aromatic rings. The van der Waals surface area contributed by atoms with Crippen LogP contribution < -0.4 is 10.6 Å². The van der Waals surface area contributed by atoms with E-state index >= 15 is 0 Å². The third-order valence-corrected chi connectivity index (χ3v) is 1.95. The van der Waals surface area contributed by atoms with Crippen LogP contribution >= 0.6 is 9.24 Å². The summed E-state index contributed by atoms with van der Waals surface area (Å²) >= 11 is 0. The summed E-state index contributed by atoms with van der Waals surface area (Å²) < 4.78 is 0. The number of amides is 1. The van der Waals surface area contributed by atoms with Gasteiger partial charge in [-0.05, 0) is 17.3 Å². The van der Waals surface area contributed by atoms with Gasteiger partial charge < -0.3 is 5.32 Å². The molecule has 1 rings (SSSR count). The van der Waals surface area contributed by atoms with E-state index in [9.17, 15) is 4.79 Å². The second-order valence-electron chi connectivity index (χ2n) is 3.65. The normalized spacial score (nSPS) is 10.3. The highest BCUT2D eigenvalue weighted by Crippen LogP contribution is 2.06.